The molecular weight excluding hydrogens is 300 g/mol. The second-order valence-corrected chi connectivity index (χ2v) is 6.69. The van der Waals surface area contributed by atoms with Crippen LogP contribution in [-0.4, -0.2) is 37.5 Å². The zero-order valence-electron chi connectivity index (χ0n) is 11.5. The number of sulfonamides is 1. The molecule has 1 aromatic heterocycles. The van der Waals surface area contributed by atoms with Crippen LogP contribution in [0, 0.1) is 0 Å². The van der Waals surface area contributed by atoms with Crippen molar-refractivity contribution in [3.05, 3.63) is 12.5 Å². The fourth-order valence-electron chi connectivity index (χ4n) is 2.41. The second kappa shape index (κ2) is 8.61. The molecule has 8 heteroatoms. The maximum absolute atomic E-state index is 11.8. The van der Waals surface area contributed by atoms with E-state index in [-0.39, 0.29) is 17.4 Å². The molecule has 1 aliphatic carbocycles. The van der Waals surface area contributed by atoms with Gasteiger partial charge in [-0.2, -0.15) is 0 Å². The molecule has 1 fully saturated rings. The van der Waals surface area contributed by atoms with Crippen molar-refractivity contribution in [2.75, 3.05) is 13.1 Å². The van der Waals surface area contributed by atoms with Crippen LogP contribution in [0.3, 0.4) is 0 Å². The highest BCUT2D eigenvalue weighted by atomic mass is 35.5. The summed E-state index contributed by atoms with van der Waals surface area (Å²) in [6.07, 6.45) is 10.3. The van der Waals surface area contributed by atoms with E-state index in [0.717, 1.165) is 0 Å². The highest BCUT2D eigenvalue weighted by Crippen LogP contribution is 2.16. The van der Waals surface area contributed by atoms with Gasteiger partial charge in [0.2, 0.25) is 0 Å². The first-order chi connectivity index (χ1) is 9.18. The van der Waals surface area contributed by atoms with Crippen molar-refractivity contribution in [1.82, 2.24) is 20.0 Å². The number of aromatic nitrogens is 2. The fourth-order valence-corrected chi connectivity index (χ4v) is 3.35. The predicted molar refractivity (Wildman–Crippen MR) is 80.5 cm³/mol. The average molecular weight is 323 g/mol. The van der Waals surface area contributed by atoms with Gasteiger partial charge in [0.15, 0.2) is 5.03 Å². The first-order valence-electron chi connectivity index (χ1n) is 6.90. The zero-order chi connectivity index (χ0) is 13.6. The molecule has 0 aliphatic heterocycles. The quantitative estimate of drug-likeness (QED) is 0.546. The summed E-state index contributed by atoms with van der Waals surface area (Å²) in [5, 5.41) is 3.54. The molecule has 116 valence electrons. The van der Waals surface area contributed by atoms with Crippen molar-refractivity contribution < 1.29 is 8.42 Å². The Hall–Kier alpha value is -0.630. The third kappa shape index (κ3) is 5.40. The largest absolute Gasteiger partial charge is 0.335 e. The van der Waals surface area contributed by atoms with Crippen molar-refractivity contribution >= 4 is 22.4 Å². The Kier molecular flexibility index (Phi) is 7.50. The molecule has 1 heterocycles. The van der Waals surface area contributed by atoms with Crippen molar-refractivity contribution in [2.24, 2.45) is 0 Å². The average Bonchev–Trinajstić information content (AvgIpc) is 2.81. The number of rotatable bonds is 6. The maximum Gasteiger partial charge on any atom is 0.257 e. The van der Waals surface area contributed by atoms with Crippen LogP contribution in [0.1, 0.15) is 38.5 Å². The monoisotopic (exact) mass is 322 g/mol. The number of aromatic amines is 1. The fraction of sp³-hybridized carbons (Fsp3) is 0.750. The molecule has 0 atom stereocenters. The number of hydrogen-bond acceptors (Lipinski definition) is 4. The number of H-pyrrole nitrogens is 1. The van der Waals surface area contributed by atoms with E-state index in [9.17, 15) is 8.42 Å². The molecule has 0 aromatic carbocycles. The molecule has 0 saturated heterocycles. The van der Waals surface area contributed by atoms with Gasteiger partial charge in [0.05, 0.1) is 12.5 Å². The number of imidazole rings is 1. The minimum absolute atomic E-state index is 0. The maximum atomic E-state index is 11.8. The first kappa shape index (κ1) is 17.4. The van der Waals surface area contributed by atoms with Crippen LogP contribution in [0.5, 0.6) is 0 Å². The topological polar surface area (TPSA) is 86.9 Å². The molecule has 6 nitrogen and oxygen atoms in total. The summed E-state index contributed by atoms with van der Waals surface area (Å²) in [6.45, 7) is 1.07. The summed E-state index contributed by atoms with van der Waals surface area (Å²) in [5.41, 5.74) is 0. The van der Waals surface area contributed by atoms with Crippen LogP contribution < -0.4 is 10.0 Å². The van der Waals surface area contributed by atoms with E-state index < -0.39 is 10.0 Å². The third-order valence-electron chi connectivity index (χ3n) is 3.47. The Labute approximate surface area is 126 Å². The first-order valence-corrected chi connectivity index (χ1v) is 8.38. The third-order valence-corrected chi connectivity index (χ3v) is 4.85. The second-order valence-electron chi connectivity index (χ2n) is 4.96. The van der Waals surface area contributed by atoms with Crippen molar-refractivity contribution in [3.63, 3.8) is 0 Å². The van der Waals surface area contributed by atoms with Crippen LogP contribution >= 0.6 is 12.4 Å². The number of halogens is 1. The van der Waals surface area contributed by atoms with E-state index in [1.54, 1.807) is 0 Å². The number of hydrogen-bond donors (Lipinski definition) is 3. The molecule has 0 amide bonds. The van der Waals surface area contributed by atoms with Gasteiger partial charge in [-0.05, 0) is 12.8 Å². The van der Waals surface area contributed by atoms with Crippen LogP contribution in [0.2, 0.25) is 0 Å². The van der Waals surface area contributed by atoms with E-state index in [0.29, 0.717) is 19.1 Å². The van der Waals surface area contributed by atoms with E-state index >= 15 is 0 Å². The summed E-state index contributed by atoms with van der Waals surface area (Å²) in [5.74, 6) is 0. The smallest absolute Gasteiger partial charge is 0.257 e. The van der Waals surface area contributed by atoms with Crippen LogP contribution in [0.4, 0.5) is 0 Å². The van der Waals surface area contributed by atoms with Gasteiger partial charge in [0.25, 0.3) is 10.0 Å². The molecule has 0 unspecified atom stereocenters. The van der Waals surface area contributed by atoms with Crippen LogP contribution in [-0.2, 0) is 10.0 Å². The molecule has 2 rings (SSSR count). The summed E-state index contributed by atoms with van der Waals surface area (Å²) in [7, 11) is -3.44. The Morgan fingerprint density at radius 2 is 1.90 bits per heavy atom. The summed E-state index contributed by atoms with van der Waals surface area (Å²) >= 11 is 0. The summed E-state index contributed by atoms with van der Waals surface area (Å²) in [6, 6.07) is 0.541. The van der Waals surface area contributed by atoms with Gasteiger partial charge in [0.1, 0.15) is 0 Å². The summed E-state index contributed by atoms with van der Waals surface area (Å²) in [4.78, 5) is 6.30. The Morgan fingerprint density at radius 3 is 2.50 bits per heavy atom. The van der Waals surface area contributed by atoms with E-state index in [1.165, 1.54) is 51.0 Å². The predicted octanol–water partition coefficient (Wildman–Crippen LogP) is 1.42. The molecule has 1 aromatic rings. The lowest BCUT2D eigenvalue weighted by atomic mass is 10.1. The molecule has 0 bridgehead atoms. The van der Waals surface area contributed by atoms with Crippen molar-refractivity contribution in [2.45, 2.75) is 49.6 Å². The molecule has 0 radical (unpaired) electrons. The van der Waals surface area contributed by atoms with Gasteiger partial charge >= 0.3 is 0 Å². The Balaban J connectivity index is 0.00000200. The molecule has 1 saturated carbocycles. The molecular formula is C12H23ClN4O2S. The van der Waals surface area contributed by atoms with Gasteiger partial charge < -0.3 is 10.3 Å². The zero-order valence-corrected chi connectivity index (χ0v) is 13.1. The number of nitrogens with zero attached hydrogens (tertiary/aromatic N) is 1. The van der Waals surface area contributed by atoms with E-state index in [1.807, 2.05) is 0 Å². The van der Waals surface area contributed by atoms with Crippen LogP contribution in [0.25, 0.3) is 0 Å². The SMILES string of the molecule is Cl.O=S(=O)(NCCNC1CCCCCC1)c1cnc[nH]1. The Morgan fingerprint density at radius 1 is 1.20 bits per heavy atom. The Bertz CT molecular complexity index is 456. The highest BCUT2D eigenvalue weighted by Gasteiger charge is 2.15. The van der Waals surface area contributed by atoms with Gasteiger partial charge in [-0.3, -0.25) is 0 Å². The molecule has 20 heavy (non-hydrogen) atoms. The minimum atomic E-state index is -3.44. The normalized spacial score (nSPS) is 17.4. The lowest BCUT2D eigenvalue weighted by Crippen LogP contribution is -2.36. The van der Waals surface area contributed by atoms with Gasteiger partial charge in [-0.25, -0.2) is 18.1 Å². The van der Waals surface area contributed by atoms with E-state index in [4.69, 9.17) is 0 Å². The molecule has 0 spiro atoms. The van der Waals surface area contributed by atoms with Gasteiger partial charge in [-0.15, -0.1) is 12.4 Å². The summed E-state index contributed by atoms with van der Waals surface area (Å²) < 4.78 is 26.1. The molecule has 3 N–H and O–H groups in total. The van der Waals surface area contributed by atoms with Crippen LogP contribution in [0.15, 0.2) is 17.6 Å². The number of nitrogens with one attached hydrogen (secondary N) is 3. The lowest BCUT2D eigenvalue weighted by Gasteiger charge is -2.16. The van der Waals surface area contributed by atoms with Crippen molar-refractivity contribution in [1.29, 1.82) is 0 Å². The molecule has 1 aliphatic rings. The standard InChI is InChI=1S/C12H22N4O2S.ClH/c17-19(18,12-9-13-10-15-12)16-8-7-14-11-5-3-1-2-4-6-11;/h9-11,14,16H,1-8H2,(H,13,15);1H. The highest BCUT2D eigenvalue weighted by molar-refractivity contribution is 7.89. The van der Waals surface area contributed by atoms with E-state index in [2.05, 4.69) is 20.0 Å². The van der Waals surface area contributed by atoms with Crippen molar-refractivity contribution in [3.8, 4) is 0 Å². The lowest BCUT2D eigenvalue weighted by molar-refractivity contribution is 0.461. The van der Waals surface area contributed by atoms with Gasteiger partial charge in [-0.1, -0.05) is 25.7 Å². The van der Waals surface area contributed by atoms with Gasteiger partial charge in [0, 0.05) is 19.1 Å². The minimum Gasteiger partial charge on any atom is -0.335 e.